The average Bonchev–Trinajstić information content (AvgIpc) is 3.12. The zero-order chi connectivity index (χ0) is 19.3. The number of pyridine rings is 1. The van der Waals surface area contributed by atoms with E-state index >= 15 is 0 Å². The predicted octanol–water partition coefficient (Wildman–Crippen LogP) is 2.72. The van der Waals surface area contributed by atoms with E-state index in [-0.39, 0.29) is 23.7 Å². The molecule has 0 saturated heterocycles. The maximum Gasteiger partial charge on any atom is 0.251 e. The number of H-pyrrole nitrogens is 1. The Kier molecular flexibility index (Phi) is 3.58. The second-order valence-electron chi connectivity index (χ2n) is 6.62. The molecule has 0 radical (unpaired) electrons. The fraction of sp³-hybridized carbons (Fsp3) is 0.100. The summed E-state index contributed by atoms with van der Waals surface area (Å²) < 4.78 is 13.2. The van der Waals surface area contributed by atoms with Gasteiger partial charge >= 0.3 is 0 Å². The number of halogens is 1. The molecule has 0 unspecified atom stereocenters. The normalized spacial score (nSPS) is 16.0. The first-order chi connectivity index (χ1) is 13.6. The van der Waals surface area contributed by atoms with Crippen LogP contribution in [0.5, 0.6) is 0 Å². The van der Waals surface area contributed by atoms with Gasteiger partial charge in [0.1, 0.15) is 16.9 Å². The molecular formula is C20H14FN5O2. The number of nitrogens with zero attached hydrogens (tertiary/aromatic N) is 3. The Morgan fingerprint density at radius 3 is 2.64 bits per heavy atom. The molecule has 5 rings (SSSR count). The molecule has 2 aromatic carbocycles. The summed E-state index contributed by atoms with van der Waals surface area (Å²) in [4.78, 5) is 28.7. The van der Waals surface area contributed by atoms with Gasteiger partial charge in [-0.05, 0) is 42.5 Å². The minimum Gasteiger partial charge on any atom is -0.329 e. The van der Waals surface area contributed by atoms with Gasteiger partial charge in [-0.1, -0.05) is 6.07 Å². The van der Waals surface area contributed by atoms with Crippen molar-refractivity contribution < 1.29 is 9.18 Å². The lowest BCUT2D eigenvalue weighted by Gasteiger charge is -2.25. The van der Waals surface area contributed by atoms with Crippen molar-refractivity contribution in [3.05, 3.63) is 82.0 Å². The number of aromatic amines is 1. The molecule has 0 aliphatic carbocycles. The van der Waals surface area contributed by atoms with Crippen molar-refractivity contribution in [2.45, 2.75) is 12.3 Å². The van der Waals surface area contributed by atoms with Gasteiger partial charge in [0, 0.05) is 35.3 Å². The highest BCUT2D eigenvalue weighted by molar-refractivity contribution is 5.99. The molecule has 2 aromatic heterocycles. The number of aromatic nitrogens is 4. The highest BCUT2D eigenvalue weighted by Gasteiger charge is 2.31. The summed E-state index contributed by atoms with van der Waals surface area (Å²) in [7, 11) is 0. The van der Waals surface area contributed by atoms with E-state index in [1.807, 2.05) is 0 Å². The number of fused-ring (bicyclic) bond motifs is 3. The Morgan fingerprint density at radius 2 is 1.86 bits per heavy atom. The number of rotatable bonds is 2. The molecule has 0 bridgehead atoms. The van der Waals surface area contributed by atoms with E-state index in [0.717, 1.165) is 5.56 Å². The van der Waals surface area contributed by atoms with E-state index in [2.05, 4.69) is 20.5 Å². The summed E-state index contributed by atoms with van der Waals surface area (Å²) in [6.45, 7) is 0. The summed E-state index contributed by atoms with van der Waals surface area (Å²) in [5.41, 5.74) is 3.45. The van der Waals surface area contributed by atoms with Crippen molar-refractivity contribution in [1.29, 1.82) is 0 Å². The maximum atomic E-state index is 13.2. The van der Waals surface area contributed by atoms with Gasteiger partial charge in [-0.25, -0.2) is 4.39 Å². The third-order valence-corrected chi connectivity index (χ3v) is 4.89. The van der Waals surface area contributed by atoms with Crippen molar-refractivity contribution in [2.75, 3.05) is 5.32 Å². The Bertz CT molecular complexity index is 1280. The molecule has 0 saturated carbocycles. The molecule has 0 spiro atoms. The molecule has 3 heterocycles. The van der Waals surface area contributed by atoms with Gasteiger partial charge in [-0.15, -0.1) is 10.2 Å². The topological polar surface area (TPSA) is 92.7 Å². The van der Waals surface area contributed by atoms with Gasteiger partial charge in [0.15, 0.2) is 0 Å². The monoisotopic (exact) mass is 375 g/mol. The van der Waals surface area contributed by atoms with Gasteiger partial charge in [0.05, 0.1) is 5.69 Å². The number of hydrogen-bond acceptors (Lipinski definition) is 4. The van der Waals surface area contributed by atoms with Crippen LogP contribution in [0.4, 0.5) is 10.1 Å². The number of carbonyl (C=O) groups excluding carboxylic acids is 1. The van der Waals surface area contributed by atoms with Gasteiger partial charge in [-0.3, -0.25) is 9.59 Å². The molecule has 2 N–H and O–H groups in total. The SMILES string of the molecule is O=C1C[C@@H](c2ccc[nH]c2=O)c2c(ccc3nn(-c4ccc(F)cc4)nc23)N1. The highest BCUT2D eigenvalue weighted by atomic mass is 19.1. The van der Waals surface area contributed by atoms with E-state index in [1.54, 1.807) is 42.6 Å². The van der Waals surface area contributed by atoms with Gasteiger partial charge in [-0.2, -0.15) is 4.80 Å². The van der Waals surface area contributed by atoms with Crippen LogP contribution in [0.15, 0.2) is 59.5 Å². The highest BCUT2D eigenvalue weighted by Crippen LogP contribution is 2.39. The van der Waals surface area contributed by atoms with Gasteiger partial charge in [0.2, 0.25) is 5.91 Å². The summed E-state index contributed by atoms with van der Waals surface area (Å²) in [5.74, 6) is -0.939. The first-order valence-corrected chi connectivity index (χ1v) is 8.73. The van der Waals surface area contributed by atoms with Gasteiger partial charge in [0.25, 0.3) is 5.56 Å². The van der Waals surface area contributed by atoms with Crippen molar-refractivity contribution in [2.24, 2.45) is 0 Å². The quantitative estimate of drug-likeness (QED) is 0.563. The summed E-state index contributed by atoms with van der Waals surface area (Å²) in [6, 6.07) is 12.8. The molecule has 1 aliphatic rings. The fourth-order valence-corrected chi connectivity index (χ4v) is 3.62. The third-order valence-electron chi connectivity index (χ3n) is 4.89. The van der Waals surface area contributed by atoms with E-state index < -0.39 is 5.92 Å². The molecule has 1 atom stereocenters. The molecule has 1 amide bonds. The Morgan fingerprint density at radius 1 is 1.04 bits per heavy atom. The third kappa shape index (κ3) is 2.58. The van der Waals surface area contributed by atoms with E-state index in [9.17, 15) is 14.0 Å². The van der Waals surface area contributed by atoms with Crippen LogP contribution >= 0.6 is 0 Å². The van der Waals surface area contributed by atoms with E-state index in [1.165, 1.54) is 16.9 Å². The Labute approximate surface area is 157 Å². The molecule has 8 heteroatoms. The van der Waals surface area contributed by atoms with Crippen LogP contribution in [0.1, 0.15) is 23.5 Å². The molecule has 7 nitrogen and oxygen atoms in total. The minimum atomic E-state index is -0.434. The summed E-state index contributed by atoms with van der Waals surface area (Å²) in [6.07, 6.45) is 1.70. The zero-order valence-corrected chi connectivity index (χ0v) is 14.5. The number of amides is 1. The minimum absolute atomic E-state index is 0.141. The summed E-state index contributed by atoms with van der Waals surface area (Å²) in [5, 5.41) is 11.9. The number of carbonyl (C=O) groups is 1. The van der Waals surface area contributed by atoms with Crippen molar-refractivity contribution in [3.8, 4) is 5.69 Å². The lowest BCUT2D eigenvalue weighted by molar-refractivity contribution is -0.116. The Hall–Kier alpha value is -3.81. The molecule has 4 aromatic rings. The first-order valence-electron chi connectivity index (χ1n) is 8.73. The standard InChI is InChI=1S/C20H14FN5O2/c21-11-3-5-12(6-4-11)26-24-16-8-7-15-18(19(16)25-26)14(10-17(27)23-15)13-2-1-9-22-20(13)28/h1-9,14H,10H2,(H,22,28)(H,23,27)/t14-/m0/s1. The number of benzene rings is 2. The van der Waals surface area contributed by atoms with Crippen molar-refractivity contribution >= 4 is 22.6 Å². The first kappa shape index (κ1) is 16.4. The van der Waals surface area contributed by atoms with E-state index in [4.69, 9.17) is 0 Å². The molecular weight excluding hydrogens is 361 g/mol. The molecule has 28 heavy (non-hydrogen) atoms. The van der Waals surface area contributed by atoms with Crippen LogP contribution in [-0.2, 0) is 4.79 Å². The lowest BCUT2D eigenvalue weighted by atomic mass is 9.84. The molecule has 138 valence electrons. The Balaban J connectivity index is 1.73. The van der Waals surface area contributed by atoms with Crippen LogP contribution < -0.4 is 10.9 Å². The lowest BCUT2D eigenvalue weighted by Crippen LogP contribution is -2.27. The predicted molar refractivity (Wildman–Crippen MR) is 101 cm³/mol. The maximum absolute atomic E-state index is 13.2. The smallest absolute Gasteiger partial charge is 0.251 e. The number of hydrogen-bond donors (Lipinski definition) is 2. The van der Waals surface area contributed by atoms with Crippen LogP contribution in [0.3, 0.4) is 0 Å². The second kappa shape index (κ2) is 6.12. The number of nitrogens with one attached hydrogen (secondary N) is 2. The molecule has 0 fully saturated rings. The zero-order valence-electron chi connectivity index (χ0n) is 14.5. The molecule has 1 aliphatic heterocycles. The van der Waals surface area contributed by atoms with Gasteiger partial charge < -0.3 is 10.3 Å². The largest absolute Gasteiger partial charge is 0.329 e. The van der Waals surface area contributed by atoms with E-state index in [0.29, 0.717) is 28.0 Å². The average molecular weight is 375 g/mol. The van der Waals surface area contributed by atoms with Crippen LogP contribution in [-0.4, -0.2) is 25.9 Å². The second-order valence-corrected chi connectivity index (χ2v) is 6.62. The summed E-state index contributed by atoms with van der Waals surface area (Å²) >= 11 is 0. The number of anilines is 1. The van der Waals surface area contributed by atoms with Crippen LogP contribution in [0.2, 0.25) is 0 Å². The fourth-order valence-electron chi connectivity index (χ4n) is 3.62. The van der Waals surface area contributed by atoms with Crippen molar-refractivity contribution in [1.82, 2.24) is 20.0 Å². The van der Waals surface area contributed by atoms with Crippen molar-refractivity contribution in [3.63, 3.8) is 0 Å². The van der Waals surface area contributed by atoms with Crippen LogP contribution in [0.25, 0.3) is 16.7 Å². The van der Waals surface area contributed by atoms with Crippen LogP contribution in [0, 0.1) is 5.82 Å².